The van der Waals surface area contributed by atoms with Crippen LogP contribution in [0.2, 0.25) is 0 Å². The van der Waals surface area contributed by atoms with Crippen LogP contribution in [0.15, 0.2) is 36.4 Å². The lowest BCUT2D eigenvalue weighted by Crippen LogP contribution is -2.18. The Hall–Kier alpha value is -2.89. The quantitative estimate of drug-likeness (QED) is 0.776. The van der Waals surface area contributed by atoms with Gasteiger partial charge in [-0.25, -0.2) is 4.98 Å². The summed E-state index contributed by atoms with van der Waals surface area (Å²) in [5.74, 6) is 1.34. The minimum Gasteiger partial charge on any atom is -0.318 e. The predicted molar refractivity (Wildman–Crippen MR) is 98.5 cm³/mol. The highest BCUT2D eigenvalue weighted by Gasteiger charge is 2.19. The van der Waals surface area contributed by atoms with E-state index >= 15 is 0 Å². The van der Waals surface area contributed by atoms with Crippen molar-refractivity contribution in [1.82, 2.24) is 19.3 Å². The van der Waals surface area contributed by atoms with Crippen molar-refractivity contribution in [3.8, 4) is 11.3 Å². The number of nitrogens with one attached hydrogen (secondary N) is 1. The van der Waals surface area contributed by atoms with Crippen molar-refractivity contribution in [3.05, 3.63) is 53.6 Å². The molecule has 1 aromatic carbocycles. The second-order valence-electron chi connectivity index (χ2n) is 6.13. The van der Waals surface area contributed by atoms with E-state index in [1.54, 1.807) is 11.7 Å². The van der Waals surface area contributed by atoms with Crippen LogP contribution in [0.25, 0.3) is 11.3 Å². The van der Waals surface area contributed by atoms with Gasteiger partial charge in [-0.3, -0.25) is 9.48 Å². The summed E-state index contributed by atoms with van der Waals surface area (Å²) in [5.41, 5.74) is 3.21. The number of aromatic nitrogens is 4. The predicted octanol–water partition coefficient (Wildman–Crippen LogP) is 3.33. The number of carbonyl (C=O) groups excluding carboxylic acids is 1. The second-order valence-corrected chi connectivity index (χ2v) is 6.13. The zero-order valence-electron chi connectivity index (χ0n) is 15.1. The van der Waals surface area contributed by atoms with Crippen LogP contribution in [0.5, 0.6) is 0 Å². The third-order valence-electron chi connectivity index (χ3n) is 4.27. The molecule has 25 heavy (non-hydrogen) atoms. The van der Waals surface area contributed by atoms with E-state index in [0.29, 0.717) is 11.5 Å². The van der Waals surface area contributed by atoms with Crippen LogP contribution in [-0.4, -0.2) is 25.2 Å². The molecule has 0 aliphatic rings. The van der Waals surface area contributed by atoms with E-state index in [-0.39, 0.29) is 5.91 Å². The zero-order valence-corrected chi connectivity index (χ0v) is 15.1. The SMILES string of the molecule is CCCc1cc(C(=O)Nc2c(-c3ccccc3)nc(C)n2C)n(C)n1. The Bertz CT molecular complexity index is 892. The number of amides is 1. The van der Waals surface area contributed by atoms with Crippen molar-refractivity contribution in [2.24, 2.45) is 14.1 Å². The maximum Gasteiger partial charge on any atom is 0.275 e. The summed E-state index contributed by atoms with van der Waals surface area (Å²) in [6, 6.07) is 11.7. The van der Waals surface area contributed by atoms with Crippen LogP contribution in [-0.2, 0) is 20.5 Å². The molecule has 0 aliphatic heterocycles. The number of anilines is 1. The minimum absolute atomic E-state index is 0.183. The highest BCUT2D eigenvalue weighted by atomic mass is 16.2. The molecule has 0 bridgehead atoms. The van der Waals surface area contributed by atoms with Gasteiger partial charge in [-0.1, -0.05) is 43.7 Å². The van der Waals surface area contributed by atoms with Gasteiger partial charge >= 0.3 is 0 Å². The summed E-state index contributed by atoms with van der Waals surface area (Å²) < 4.78 is 3.52. The first-order chi connectivity index (χ1) is 12.0. The van der Waals surface area contributed by atoms with Gasteiger partial charge in [0, 0.05) is 19.7 Å². The van der Waals surface area contributed by atoms with Gasteiger partial charge in [0.15, 0.2) is 0 Å². The van der Waals surface area contributed by atoms with E-state index in [0.717, 1.165) is 35.6 Å². The molecule has 6 nitrogen and oxygen atoms in total. The Balaban J connectivity index is 1.94. The largest absolute Gasteiger partial charge is 0.318 e. The van der Waals surface area contributed by atoms with Crippen molar-refractivity contribution in [2.45, 2.75) is 26.7 Å². The monoisotopic (exact) mass is 337 g/mol. The second kappa shape index (κ2) is 6.93. The number of imidazole rings is 1. The summed E-state index contributed by atoms with van der Waals surface area (Å²) in [5, 5.41) is 7.42. The highest BCUT2D eigenvalue weighted by molar-refractivity contribution is 6.04. The van der Waals surface area contributed by atoms with Crippen LogP contribution in [0.4, 0.5) is 5.82 Å². The minimum atomic E-state index is -0.183. The van der Waals surface area contributed by atoms with Crippen molar-refractivity contribution in [1.29, 1.82) is 0 Å². The number of carbonyl (C=O) groups is 1. The molecule has 1 N–H and O–H groups in total. The topological polar surface area (TPSA) is 64.7 Å². The van der Waals surface area contributed by atoms with Gasteiger partial charge in [-0.2, -0.15) is 5.10 Å². The van der Waals surface area contributed by atoms with Crippen molar-refractivity contribution in [3.63, 3.8) is 0 Å². The van der Waals surface area contributed by atoms with Gasteiger partial charge in [-0.15, -0.1) is 0 Å². The molecule has 0 radical (unpaired) electrons. The van der Waals surface area contributed by atoms with Gasteiger partial charge < -0.3 is 9.88 Å². The smallest absolute Gasteiger partial charge is 0.275 e. The summed E-state index contributed by atoms with van der Waals surface area (Å²) in [7, 11) is 3.69. The van der Waals surface area contributed by atoms with Gasteiger partial charge in [0.05, 0.1) is 5.69 Å². The molecule has 0 spiro atoms. The molecule has 0 atom stereocenters. The van der Waals surface area contributed by atoms with Crippen molar-refractivity contribution in [2.75, 3.05) is 5.32 Å². The molecule has 0 unspecified atom stereocenters. The Morgan fingerprint density at radius 1 is 1.20 bits per heavy atom. The highest BCUT2D eigenvalue weighted by Crippen LogP contribution is 2.28. The average Bonchev–Trinajstić information content (AvgIpc) is 3.10. The molecule has 6 heteroatoms. The van der Waals surface area contributed by atoms with Crippen molar-refractivity contribution < 1.29 is 4.79 Å². The summed E-state index contributed by atoms with van der Waals surface area (Å²) in [4.78, 5) is 17.4. The molecule has 130 valence electrons. The standard InChI is InChI=1S/C19H23N5O/c1-5-9-15-12-16(24(4)22-15)19(25)21-18-17(20-13(2)23(18)3)14-10-7-6-8-11-14/h6-8,10-12H,5,9H2,1-4H3,(H,21,25). The van der Waals surface area contributed by atoms with Gasteiger partial charge in [0.1, 0.15) is 23.0 Å². The Kier molecular flexibility index (Phi) is 4.70. The van der Waals surface area contributed by atoms with Crippen LogP contribution in [0.3, 0.4) is 0 Å². The summed E-state index contributed by atoms with van der Waals surface area (Å²) in [6.45, 7) is 4.02. The lowest BCUT2D eigenvalue weighted by atomic mass is 10.1. The average molecular weight is 337 g/mol. The van der Waals surface area contributed by atoms with Crippen LogP contribution in [0, 0.1) is 6.92 Å². The molecule has 0 saturated heterocycles. The number of hydrogen-bond donors (Lipinski definition) is 1. The third-order valence-corrected chi connectivity index (χ3v) is 4.27. The molecule has 3 aromatic rings. The van der Waals surface area contributed by atoms with Gasteiger partial charge in [-0.05, 0) is 19.4 Å². The Morgan fingerprint density at radius 2 is 1.92 bits per heavy atom. The summed E-state index contributed by atoms with van der Waals surface area (Å²) in [6.07, 6.45) is 1.86. The van der Waals surface area contributed by atoms with E-state index in [1.807, 2.05) is 54.9 Å². The fraction of sp³-hybridized carbons (Fsp3) is 0.316. The van der Waals surface area contributed by atoms with E-state index < -0.39 is 0 Å². The molecule has 1 amide bonds. The number of aryl methyl sites for hydroxylation is 3. The molecular weight excluding hydrogens is 314 g/mol. The first-order valence-corrected chi connectivity index (χ1v) is 8.44. The molecule has 0 saturated carbocycles. The Labute approximate surface area is 147 Å². The molecule has 2 heterocycles. The lowest BCUT2D eigenvalue weighted by molar-refractivity contribution is 0.101. The number of rotatable bonds is 5. The number of nitrogens with zero attached hydrogens (tertiary/aromatic N) is 4. The van der Waals surface area contributed by atoms with Gasteiger partial charge in [0.2, 0.25) is 0 Å². The number of hydrogen-bond acceptors (Lipinski definition) is 3. The maximum absolute atomic E-state index is 12.8. The molecule has 3 rings (SSSR count). The zero-order chi connectivity index (χ0) is 18.0. The molecular formula is C19H23N5O. The molecule has 2 aromatic heterocycles. The Morgan fingerprint density at radius 3 is 2.60 bits per heavy atom. The van der Waals surface area contributed by atoms with Crippen LogP contribution < -0.4 is 5.32 Å². The number of benzene rings is 1. The van der Waals surface area contributed by atoms with E-state index in [1.165, 1.54) is 0 Å². The van der Waals surface area contributed by atoms with Crippen molar-refractivity contribution >= 4 is 11.7 Å². The first kappa shape index (κ1) is 17.0. The molecule has 0 fully saturated rings. The third kappa shape index (κ3) is 3.33. The lowest BCUT2D eigenvalue weighted by Gasteiger charge is -2.09. The van der Waals surface area contributed by atoms with E-state index in [2.05, 4.69) is 22.3 Å². The fourth-order valence-electron chi connectivity index (χ4n) is 2.84. The first-order valence-electron chi connectivity index (χ1n) is 8.44. The fourth-order valence-corrected chi connectivity index (χ4v) is 2.84. The van der Waals surface area contributed by atoms with Crippen LogP contribution in [0.1, 0.15) is 35.4 Å². The molecule has 0 aliphatic carbocycles. The normalized spacial score (nSPS) is 10.9. The van der Waals surface area contributed by atoms with E-state index in [4.69, 9.17) is 0 Å². The van der Waals surface area contributed by atoms with Crippen LogP contribution >= 0.6 is 0 Å². The summed E-state index contributed by atoms with van der Waals surface area (Å²) >= 11 is 0. The van der Waals surface area contributed by atoms with Gasteiger partial charge in [0.25, 0.3) is 5.91 Å². The van der Waals surface area contributed by atoms with E-state index in [9.17, 15) is 4.79 Å². The maximum atomic E-state index is 12.8.